The summed E-state index contributed by atoms with van der Waals surface area (Å²) in [5, 5.41) is 8.79. The van der Waals surface area contributed by atoms with Crippen molar-refractivity contribution in [3.63, 3.8) is 0 Å². The molecular weight excluding hydrogens is 194 g/mol. The van der Waals surface area contributed by atoms with E-state index in [0.717, 1.165) is 17.5 Å². The number of carbonyl (C=O) groups is 1. The number of aliphatic carboxylic acids is 1. The van der Waals surface area contributed by atoms with E-state index < -0.39 is 12.0 Å². The molecule has 80 valence electrons. The fourth-order valence-electron chi connectivity index (χ4n) is 1.72. The molecule has 0 saturated heterocycles. The molecule has 0 bridgehead atoms. The Morgan fingerprint density at radius 2 is 2.27 bits per heavy atom. The van der Waals surface area contributed by atoms with Gasteiger partial charge >= 0.3 is 5.97 Å². The van der Waals surface area contributed by atoms with Crippen LogP contribution < -0.4 is 5.73 Å². The van der Waals surface area contributed by atoms with E-state index in [1.54, 1.807) is 6.07 Å². The fraction of sp³-hybridized carbons (Fsp3) is 0.364. The zero-order valence-corrected chi connectivity index (χ0v) is 8.27. The highest BCUT2D eigenvalue weighted by molar-refractivity contribution is 5.75. The summed E-state index contributed by atoms with van der Waals surface area (Å²) in [6.07, 6.45) is 0.829. The van der Waals surface area contributed by atoms with E-state index in [2.05, 4.69) is 0 Å². The summed E-state index contributed by atoms with van der Waals surface area (Å²) in [5.74, 6) is -0.998. The second-order valence-corrected chi connectivity index (χ2v) is 3.65. The summed E-state index contributed by atoms with van der Waals surface area (Å²) in [7, 11) is 0. The predicted molar refractivity (Wildman–Crippen MR) is 54.4 cm³/mol. The van der Waals surface area contributed by atoms with Crippen LogP contribution in [0.2, 0.25) is 0 Å². The standard InChI is InChI=1S/C11H13NO3/c12-10(11(13)14)8-1-2-9-6-15-4-3-7(9)5-8/h1-2,5,10H,3-4,6,12H2,(H,13,14). The third-order valence-electron chi connectivity index (χ3n) is 2.63. The highest BCUT2D eigenvalue weighted by Crippen LogP contribution is 2.21. The quantitative estimate of drug-likeness (QED) is 0.753. The summed E-state index contributed by atoms with van der Waals surface area (Å²) in [4.78, 5) is 10.7. The van der Waals surface area contributed by atoms with Gasteiger partial charge in [0, 0.05) is 0 Å². The van der Waals surface area contributed by atoms with Crippen molar-refractivity contribution in [2.75, 3.05) is 6.61 Å². The Balaban J connectivity index is 2.31. The minimum atomic E-state index is -0.998. The van der Waals surface area contributed by atoms with Crippen LogP contribution in [0.1, 0.15) is 22.7 Å². The smallest absolute Gasteiger partial charge is 0.325 e. The van der Waals surface area contributed by atoms with Gasteiger partial charge < -0.3 is 15.6 Å². The Bertz CT molecular complexity index is 389. The number of hydrogen-bond acceptors (Lipinski definition) is 3. The highest BCUT2D eigenvalue weighted by atomic mass is 16.5. The van der Waals surface area contributed by atoms with Gasteiger partial charge in [-0.15, -0.1) is 0 Å². The van der Waals surface area contributed by atoms with E-state index >= 15 is 0 Å². The van der Waals surface area contributed by atoms with Gasteiger partial charge in [-0.3, -0.25) is 4.79 Å². The Morgan fingerprint density at radius 3 is 3.00 bits per heavy atom. The Labute approximate surface area is 87.7 Å². The number of ether oxygens (including phenoxy) is 1. The van der Waals surface area contributed by atoms with Crippen LogP contribution in [-0.2, 0) is 22.6 Å². The van der Waals surface area contributed by atoms with E-state index in [-0.39, 0.29) is 0 Å². The van der Waals surface area contributed by atoms with Crippen molar-refractivity contribution < 1.29 is 14.6 Å². The molecule has 2 rings (SSSR count). The summed E-state index contributed by atoms with van der Waals surface area (Å²) in [6.45, 7) is 1.30. The SMILES string of the molecule is NC(C(=O)O)c1ccc2c(c1)CCOC2. The second kappa shape index (κ2) is 4.00. The van der Waals surface area contributed by atoms with Crippen LogP contribution in [0.25, 0.3) is 0 Å². The lowest BCUT2D eigenvalue weighted by Crippen LogP contribution is -2.21. The largest absolute Gasteiger partial charge is 0.480 e. The van der Waals surface area contributed by atoms with Gasteiger partial charge in [0.15, 0.2) is 0 Å². The number of fused-ring (bicyclic) bond motifs is 1. The number of carboxylic acid groups (broad SMARTS) is 1. The van der Waals surface area contributed by atoms with Crippen molar-refractivity contribution in [2.24, 2.45) is 5.73 Å². The van der Waals surface area contributed by atoms with E-state index in [1.807, 2.05) is 12.1 Å². The summed E-state index contributed by atoms with van der Waals surface area (Å²) in [6, 6.07) is 4.59. The molecule has 3 N–H and O–H groups in total. The van der Waals surface area contributed by atoms with Gasteiger partial charge in [-0.1, -0.05) is 18.2 Å². The third kappa shape index (κ3) is 2.00. The minimum absolute atomic E-state index is 0.609. The molecule has 0 aliphatic carbocycles. The molecule has 1 aromatic carbocycles. The van der Waals surface area contributed by atoms with E-state index in [9.17, 15) is 4.79 Å². The molecule has 0 amide bonds. The third-order valence-corrected chi connectivity index (χ3v) is 2.63. The topological polar surface area (TPSA) is 72.6 Å². The Morgan fingerprint density at radius 1 is 1.47 bits per heavy atom. The van der Waals surface area contributed by atoms with E-state index in [4.69, 9.17) is 15.6 Å². The van der Waals surface area contributed by atoms with E-state index in [0.29, 0.717) is 18.8 Å². The zero-order valence-electron chi connectivity index (χ0n) is 8.27. The summed E-state index contributed by atoms with van der Waals surface area (Å²) >= 11 is 0. The molecule has 1 heterocycles. The molecule has 1 atom stereocenters. The van der Waals surface area contributed by atoms with Crippen LogP contribution in [0.3, 0.4) is 0 Å². The van der Waals surface area contributed by atoms with Gasteiger partial charge in [0.1, 0.15) is 6.04 Å². The molecule has 4 heteroatoms. The maximum atomic E-state index is 10.7. The van der Waals surface area contributed by atoms with Crippen molar-refractivity contribution in [3.8, 4) is 0 Å². The first-order valence-electron chi connectivity index (χ1n) is 4.86. The van der Waals surface area contributed by atoms with Crippen molar-refractivity contribution in [1.82, 2.24) is 0 Å². The molecule has 15 heavy (non-hydrogen) atoms. The fourth-order valence-corrected chi connectivity index (χ4v) is 1.72. The molecule has 4 nitrogen and oxygen atoms in total. The molecule has 1 unspecified atom stereocenters. The Kier molecular flexibility index (Phi) is 2.70. The van der Waals surface area contributed by atoms with E-state index in [1.165, 1.54) is 0 Å². The van der Waals surface area contributed by atoms with Crippen molar-refractivity contribution >= 4 is 5.97 Å². The number of nitrogens with two attached hydrogens (primary N) is 1. The van der Waals surface area contributed by atoms with Gasteiger partial charge in [0.25, 0.3) is 0 Å². The normalized spacial score (nSPS) is 16.9. The number of rotatable bonds is 2. The Hall–Kier alpha value is -1.39. The lowest BCUT2D eigenvalue weighted by Gasteiger charge is -2.18. The summed E-state index contributed by atoms with van der Waals surface area (Å²) in [5.41, 5.74) is 8.47. The number of hydrogen-bond donors (Lipinski definition) is 2. The molecule has 0 saturated carbocycles. The zero-order chi connectivity index (χ0) is 10.8. The van der Waals surface area contributed by atoms with Gasteiger partial charge in [-0.05, 0) is 23.1 Å². The summed E-state index contributed by atoms with van der Waals surface area (Å²) < 4.78 is 5.30. The van der Waals surface area contributed by atoms with Gasteiger partial charge in [-0.25, -0.2) is 0 Å². The average Bonchev–Trinajstić information content (AvgIpc) is 2.27. The maximum Gasteiger partial charge on any atom is 0.325 e. The first kappa shape index (κ1) is 10.1. The van der Waals surface area contributed by atoms with Crippen molar-refractivity contribution in [1.29, 1.82) is 0 Å². The van der Waals surface area contributed by atoms with Crippen LogP contribution in [0, 0.1) is 0 Å². The molecule has 0 radical (unpaired) electrons. The molecular formula is C11H13NO3. The molecule has 1 aromatic rings. The van der Waals surface area contributed by atoms with Crippen LogP contribution >= 0.6 is 0 Å². The predicted octanol–water partition coefficient (Wildman–Crippen LogP) is 0.844. The molecule has 0 fully saturated rings. The molecule has 1 aliphatic heterocycles. The lowest BCUT2D eigenvalue weighted by atomic mass is 9.97. The average molecular weight is 207 g/mol. The van der Waals surface area contributed by atoms with Crippen LogP contribution in [0.15, 0.2) is 18.2 Å². The van der Waals surface area contributed by atoms with Crippen LogP contribution in [-0.4, -0.2) is 17.7 Å². The minimum Gasteiger partial charge on any atom is -0.480 e. The van der Waals surface area contributed by atoms with Gasteiger partial charge in [0.05, 0.1) is 13.2 Å². The molecule has 0 spiro atoms. The number of benzene rings is 1. The van der Waals surface area contributed by atoms with Crippen LogP contribution in [0.5, 0.6) is 0 Å². The first-order valence-corrected chi connectivity index (χ1v) is 4.86. The van der Waals surface area contributed by atoms with Crippen LogP contribution in [0.4, 0.5) is 0 Å². The van der Waals surface area contributed by atoms with Crippen molar-refractivity contribution in [2.45, 2.75) is 19.1 Å². The number of carboxylic acids is 1. The maximum absolute atomic E-state index is 10.7. The highest BCUT2D eigenvalue weighted by Gasteiger charge is 2.17. The van der Waals surface area contributed by atoms with Gasteiger partial charge in [0.2, 0.25) is 0 Å². The van der Waals surface area contributed by atoms with Crippen molar-refractivity contribution in [3.05, 3.63) is 34.9 Å². The second-order valence-electron chi connectivity index (χ2n) is 3.65. The van der Waals surface area contributed by atoms with Gasteiger partial charge in [-0.2, -0.15) is 0 Å². The molecule has 0 aromatic heterocycles. The first-order chi connectivity index (χ1) is 7.18. The monoisotopic (exact) mass is 207 g/mol. The lowest BCUT2D eigenvalue weighted by molar-refractivity contribution is -0.138. The molecule has 1 aliphatic rings.